The van der Waals surface area contributed by atoms with Gasteiger partial charge >= 0.3 is 0 Å². The largest absolute Gasteiger partial charge is 0.507 e. The molecular weight excluding hydrogens is 248 g/mol. The van der Waals surface area contributed by atoms with Crippen LogP contribution < -0.4 is 0 Å². The Morgan fingerprint density at radius 2 is 1.85 bits per heavy atom. The summed E-state index contributed by atoms with van der Waals surface area (Å²) < 4.78 is 0. The van der Waals surface area contributed by atoms with Gasteiger partial charge in [-0.1, -0.05) is 30.3 Å². The van der Waals surface area contributed by atoms with E-state index in [4.69, 9.17) is 0 Å². The summed E-state index contributed by atoms with van der Waals surface area (Å²) in [6.45, 7) is 0. The SMILES string of the molecule is O=CC1CCC(Cc2cc(O)c3ccccc3c2)CC1. The van der Waals surface area contributed by atoms with E-state index < -0.39 is 0 Å². The molecule has 1 aliphatic carbocycles. The van der Waals surface area contributed by atoms with Gasteiger partial charge in [0, 0.05) is 11.3 Å². The summed E-state index contributed by atoms with van der Waals surface area (Å²) in [5, 5.41) is 12.1. The summed E-state index contributed by atoms with van der Waals surface area (Å²) in [5.74, 6) is 1.29. The highest BCUT2D eigenvalue weighted by atomic mass is 16.3. The summed E-state index contributed by atoms with van der Waals surface area (Å²) in [5.41, 5.74) is 1.20. The van der Waals surface area contributed by atoms with Crippen molar-refractivity contribution in [2.24, 2.45) is 11.8 Å². The molecule has 1 N–H and O–H groups in total. The molecule has 2 aromatic carbocycles. The number of aldehydes is 1. The smallest absolute Gasteiger partial charge is 0.123 e. The van der Waals surface area contributed by atoms with Crippen molar-refractivity contribution in [2.75, 3.05) is 0 Å². The molecule has 0 unspecified atom stereocenters. The van der Waals surface area contributed by atoms with Crippen molar-refractivity contribution < 1.29 is 9.90 Å². The number of hydrogen-bond donors (Lipinski definition) is 1. The zero-order chi connectivity index (χ0) is 13.9. The van der Waals surface area contributed by atoms with Gasteiger partial charge in [-0.05, 0) is 55.0 Å². The molecule has 1 aliphatic rings. The van der Waals surface area contributed by atoms with Crippen LogP contribution >= 0.6 is 0 Å². The van der Waals surface area contributed by atoms with E-state index in [2.05, 4.69) is 6.07 Å². The van der Waals surface area contributed by atoms with Crippen LogP contribution in [0.3, 0.4) is 0 Å². The zero-order valence-corrected chi connectivity index (χ0v) is 11.6. The number of phenolic OH excluding ortho intramolecular Hbond substituents is 1. The summed E-state index contributed by atoms with van der Waals surface area (Å²) in [4.78, 5) is 10.8. The quantitative estimate of drug-likeness (QED) is 0.851. The van der Waals surface area contributed by atoms with Crippen molar-refractivity contribution in [3.63, 3.8) is 0 Å². The molecule has 0 bridgehead atoms. The lowest BCUT2D eigenvalue weighted by molar-refractivity contribution is -0.112. The molecule has 1 saturated carbocycles. The van der Waals surface area contributed by atoms with Crippen molar-refractivity contribution >= 4 is 17.1 Å². The van der Waals surface area contributed by atoms with Gasteiger partial charge in [0.25, 0.3) is 0 Å². The first-order valence-corrected chi connectivity index (χ1v) is 7.42. The fourth-order valence-corrected chi connectivity index (χ4v) is 3.33. The summed E-state index contributed by atoms with van der Waals surface area (Å²) in [6.07, 6.45) is 6.40. The van der Waals surface area contributed by atoms with Gasteiger partial charge in [0.15, 0.2) is 0 Å². The second kappa shape index (κ2) is 5.66. The van der Waals surface area contributed by atoms with Gasteiger partial charge in [0.1, 0.15) is 12.0 Å². The van der Waals surface area contributed by atoms with E-state index in [1.807, 2.05) is 30.3 Å². The van der Waals surface area contributed by atoms with E-state index >= 15 is 0 Å². The summed E-state index contributed by atoms with van der Waals surface area (Å²) in [6, 6.07) is 12.0. The first-order chi connectivity index (χ1) is 9.76. The Balaban J connectivity index is 1.76. The molecule has 0 radical (unpaired) electrons. The van der Waals surface area contributed by atoms with Crippen LogP contribution in [0, 0.1) is 11.8 Å². The van der Waals surface area contributed by atoms with Gasteiger partial charge in [-0.2, -0.15) is 0 Å². The van der Waals surface area contributed by atoms with Crippen LogP contribution in [0.4, 0.5) is 0 Å². The van der Waals surface area contributed by atoms with Gasteiger partial charge in [-0.3, -0.25) is 0 Å². The highest BCUT2D eigenvalue weighted by Crippen LogP contribution is 2.32. The molecule has 2 aromatic rings. The molecule has 1 fully saturated rings. The molecule has 104 valence electrons. The second-order valence-corrected chi connectivity index (χ2v) is 5.96. The molecule has 2 nitrogen and oxygen atoms in total. The minimum absolute atomic E-state index is 0.274. The molecule has 0 amide bonds. The third-order valence-corrected chi connectivity index (χ3v) is 4.51. The Kier molecular flexibility index (Phi) is 3.72. The highest BCUT2D eigenvalue weighted by Gasteiger charge is 2.21. The number of rotatable bonds is 3. The fraction of sp³-hybridized carbons (Fsp3) is 0.389. The third kappa shape index (κ3) is 2.69. The van der Waals surface area contributed by atoms with Gasteiger partial charge < -0.3 is 9.90 Å². The van der Waals surface area contributed by atoms with Crippen LogP contribution in [-0.2, 0) is 11.2 Å². The standard InChI is InChI=1S/C18H20O2/c19-12-14-7-5-13(6-8-14)9-15-10-16-3-1-2-4-17(16)18(20)11-15/h1-4,10-14,20H,5-9H2. The predicted molar refractivity (Wildman–Crippen MR) is 80.8 cm³/mol. The Morgan fingerprint density at radius 1 is 1.10 bits per heavy atom. The summed E-state index contributed by atoms with van der Waals surface area (Å²) in [7, 11) is 0. The lowest BCUT2D eigenvalue weighted by atomic mass is 9.80. The molecule has 0 aromatic heterocycles. The third-order valence-electron chi connectivity index (χ3n) is 4.51. The van der Waals surface area contributed by atoms with E-state index in [1.165, 1.54) is 5.56 Å². The maximum absolute atomic E-state index is 10.8. The van der Waals surface area contributed by atoms with E-state index in [-0.39, 0.29) is 5.92 Å². The van der Waals surface area contributed by atoms with Crippen molar-refractivity contribution in [3.05, 3.63) is 42.0 Å². The number of benzene rings is 2. The average Bonchev–Trinajstić information content (AvgIpc) is 2.48. The van der Waals surface area contributed by atoms with E-state index in [0.717, 1.165) is 49.2 Å². The molecule has 20 heavy (non-hydrogen) atoms. The Morgan fingerprint density at radius 3 is 2.60 bits per heavy atom. The number of aromatic hydroxyl groups is 1. The summed E-state index contributed by atoms with van der Waals surface area (Å²) >= 11 is 0. The van der Waals surface area contributed by atoms with Crippen LogP contribution in [0.25, 0.3) is 10.8 Å². The van der Waals surface area contributed by atoms with Gasteiger partial charge in [0.2, 0.25) is 0 Å². The van der Waals surface area contributed by atoms with Gasteiger partial charge in [-0.15, -0.1) is 0 Å². The number of carbonyl (C=O) groups is 1. The first kappa shape index (κ1) is 13.2. The minimum Gasteiger partial charge on any atom is -0.507 e. The Labute approximate surface area is 119 Å². The van der Waals surface area contributed by atoms with Crippen LogP contribution in [-0.4, -0.2) is 11.4 Å². The molecule has 0 atom stereocenters. The monoisotopic (exact) mass is 268 g/mol. The molecule has 0 aliphatic heterocycles. The average molecular weight is 268 g/mol. The lowest BCUT2D eigenvalue weighted by Gasteiger charge is -2.25. The topological polar surface area (TPSA) is 37.3 Å². The van der Waals surface area contributed by atoms with Gasteiger partial charge in [-0.25, -0.2) is 0 Å². The van der Waals surface area contributed by atoms with Crippen LogP contribution in [0.15, 0.2) is 36.4 Å². The first-order valence-electron chi connectivity index (χ1n) is 7.42. The Bertz CT molecular complexity index is 610. The predicted octanol–water partition coefficient (Wildman–Crippen LogP) is 4.09. The van der Waals surface area contributed by atoms with E-state index in [1.54, 1.807) is 0 Å². The van der Waals surface area contributed by atoms with Crippen LogP contribution in [0.5, 0.6) is 5.75 Å². The number of fused-ring (bicyclic) bond motifs is 1. The molecular formula is C18H20O2. The second-order valence-electron chi connectivity index (χ2n) is 5.96. The Hall–Kier alpha value is -1.83. The van der Waals surface area contributed by atoms with Gasteiger partial charge in [0.05, 0.1) is 0 Å². The van der Waals surface area contributed by atoms with Crippen LogP contribution in [0.1, 0.15) is 31.2 Å². The van der Waals surface area contributed by atoms with Crippen molar-refractivity contribution in [1.82, 2.24) is 0 Å². The maximum atomic E-state index is 10.8. The van der Waals surface area contributed by atoms with Crippen molar-refractivity contribution in [1.29, 1.82) is 0 Å². The molecule has 0 saturated heterocycles. The maximum Gasteiger partial charge on any atom is 0.123 e. The van der Waals surface area contributed by atoms with E-state index in [9.17, 15) is 9.90 Å². The van der Waals surface area contributed by atoms with E-state index in [0.29, 0.717) is 11.7 Å². The molecule has 2 heteroatoms. The van der Waals surface area contributed by atoms with Crippen molar-refractivity contribution in [3.8, 4) is 5.75 Å². The number of phenols is 1. The molecule has 0 spiro atoms. The van der Waals surface area contributed by atoms with Crippen molar-refractivity contribution in [2.45, 2.75) is 32.1 Å². The normalized spacial score (nSPS) is 22.8. The van der Waals surface area contributed by atoms with Crippen LogP contribution in [0.2, 0.25) is 0 Å². The lowest BCUT2D eigenvalue weighted by Crippen LogP contribution is -2.17. The highest BCUT2D eigenvalue weighted by molar-refractivity contribution is 5.88. The zero-order valence-electron chi connectivity index (χ0n) is 11.6. The number of hydrogen-bond acceptors (Lipinski definition) is 2. The number of carbonyl (C=O) groups excluding carboxylic acids is 1. The minimum atomic E-state index is 0.274. The fourth-order valence-electron chi connectivity index (χ4n) is 3.33. The molecule has 0 heterocycles. The molecule has 3 rings (SSSR count).